The van der Waals surface area contributed by atoms with Crippen molar-refractivity contribution in [3.63, 3.8) is 0 Å². The molecule has 3 heterocycles. The molecule has 0 spiro atoms. The van der Waals surface area contributed by atoms with E-state index in [1.54, 1.807) is 6.07 Å². The number of aromatic nitrogens is 6. The number of aliphatic hydroxyl groups excluding tert-OH is 1. The zero-order valence-corrected chi connectivity index (χ0v) is 16.8. The lowest BCUT2D eigenvalue weighted by molar-refractivity contribution is -0.137. The Balaban J connectivity index is 1.49. The first-order valence-corrected chi connectivity index (χ1v) is 10.1. The Bertz CT molecular complexity index is 1230. The number of aromatic amines is 1. The summed E-state index contributed by atoms with van der Waals surface area (Å²) in [6.45, 7) is 0.167. The van der Waals surface area contributed by atoms with E-state index in [0.29, 0.717) is 16.6 Å². The largest absolute Gasteiger partial charge is 0.416 e. The van der Waals surface area contributed by atoms with E-state index in [1.807, 2.05) is 0 Å². The number of pyridine rings is 1. The van der Waals surface area contributed by atoms with E-state index in [0.717, 1.165) is 31.4 Å². The molecule has 5 rings (SSSR count). The average Bonchev–Trinajstić information content (AvgIpc) is 3.41. The first-order valence-electron chi connectivity index (χ1n) is 10.1. The first kappa shape index (κ1) is 20.6. The third-order valence-corrected chi connectivity index (χ3v) is 5.53. The van der Waals surface area contributed by atoms with Crippen LogP contribution in [0, 0.1) is 0 Å². The van der Waals surface area contributed by atoms with Crippen molar-refractivity contribution < 1.29 is 23.0 Å². The van der Waals surface area contributed by atoms with Gasteiger partial charge in [0.25, 0.3) is 0 Å². The minimum absolute atomic E-state index is 0.167. The Morgan fingerprint density at radius 2 is 2.00 bits per heavy atom. The highest BCUT2D eigenvalue weighted by Crippen LogP contribution is 2.34. The van der Waals surface area contributed by atoms with Crippen molar-refractivity contribution in [2.24, 2.45) is 0 Å². The summed E-state index contributed by atoms with van der Waals surface area (Å²) in [4.78, 5) is 8.30. The number of rotatable bonds is 6. The van der Waals surface area contributed by atoms with Crippen molar-refractivity contribution in [1.82, 2.24) is 29.9 Å². The van der Waals surface area contributed by atoms with Gasteiger partial charge in [-0.3, -0.25) is 5.10 Å². The molecule has 1 atom stereocenters. The van der Waals surface area contributed by atoms with Gasteiger partial charge in [-0.05, 0) is 43.5 Å². The monoisotopic (exact) mass is 444 g/mol. The topological polar surface area (TPSA) is 102 Å². The molecule has 1 fully saturated rings. The van der Waals surface area contributed by atoms with Crippen LogP contribution in [0.25, 0.3) is 28.1 Å². The number of aliphatic hydroxyl groups is 1. The van der Waals surface area contributed by atoms with Gasteiger partial charge < -0.3 is 9.84 Å². The predicted octanol–water partition coefficient (Wildman–Crippen LogP) is 3.83. The molecule has 3 aromatic heterocycles. The van der Waals surface area contributed by atoms with Crippen molar-refractivity contribution in [1.29, 1.82) is 0 Å². The van der Waals surface area contributed by atoms with Gasteiger partial charge in [-0.25, -0.2) is 14.6 Å². The number of H-pyrrole nitrogens is 1. The second kappa shape index (κ2) is 7.99. The van der Waals surface area contributed by atoms with Gasteiger partial charge >= 0.3 is 6.18 Å². The quantitative estimate of drug-likeness (QED) is 0.469. The molecule has 0 aliphatic heterocycles. The van der Waals surface area contributed by atoms with Crippen LogP contribution >= 0.6 is 0 Å². The van der Waals surface area contributed by atoms with Crippen molar-refractivity contribution in [2.45, 2.75) is 37.6 Å². The van der Waals surface area contributed by atoms with E-state index in [4.69, 9.17) is 4.74 Å². The number of ether oxygens (including phenoxy) is 1. The summed E-state index contributed by atoms with van der Waals surface area (Å²) in [5.74, 6) is 0.207. The average molecular weight is 444 g/mol. The smallest absolute Gasteiger partial charge is 0.386 e. The molecule has 1 aliphatic rings. The van der Waals surface area contributed by atoms with Crippen molar-refractivity contribution in [3.8, 4) is 17.1 Å². The van der Waals surface area contributed by atoms with Crippen LogP contribution in [0.5, 0.6) is 0 Å². The summed E-state index contributed by atoms with van der Waals surface area (Å²) in [5.41, 5.74) is 0.475. The molecule has 0 saturated heterocycles. The Morgan fingerprint density at radius 1 is 1.16 bits per heavy atom. The Hall–Kier alpha value is -3.31. The van der Waals surface area contributed by atoms with E-state index in [1.165, 1.54) is 29.5 Å². The lowest BCUT2D eigenvalue weighted by Crippen LogP contribution is -2.24. The lowest BCUT2D eigenvalue weighted by Gasteiger charge is -2.26. The summed E-state index contributed by atoms with van der Waals surface area (Å²) in [7, 11) is 0. The number of halogens is 3. The van der Waals surface area contributed by atoms with Crippen LogP contribution in [0.3, 0.4) is 0 Å². The molecule has 0 bridgehead atoms. The van der Waals surface area contributed by atoms with Crippen LogP contribution in [0.4, 0.5) is 13.2 Å². The van der Waals surface area contributed by atoms with E-state index in [-0.39, 0.29) is 29.8 Å². The number of hydrogen-bond donors (Lipinski definition) is 2. The van der Waals surface area contributed by atoms with E-state index in [2.05, 4.69) is 25.3 Å². The van der Waals surface area contributed by atoms with Gasteiger partial charge in [-0.15, -0.1) is 0 Å². The third kappa shape index (κ3) is 3.96. The molecule has 8 nitrogen and oxygen atoms in total. The van der Waals surface area contributed by atoms with Gasteiger partial charge in [0.15, 0.2) is 11.5 Å². The second-order valence-electron chi connectivity index (χ2n) is 7.74. The summed E-state index contributed by atoms with van der Waals surface area (Å²) in [6, 6.07) is 5.24. The third-order valence-electron chi connectivity index (χ3n) is 5.53. The summed E-state index contributed by atoms with van der Waals surface area (Å²) >= 11 is 0. The summed E-state index contributed by atoms with van der Waals surface area (Å²) in [6.07, 6.45) is 2.15. The molecule has 1 aromatic carbocycles. The number of alkyl halides is 3. The van der Waals surface area contributed by atoms with Crippen molar-refractivity contribution in [3.05, 3.63) is 54.1 Å². The highest BCUT2D eigenvalue weighted by molar-refractivity contribution is 5.77. The zero-order valence-electron chi connectivity index (χ0n) is 16.8. The summed E-state index contributed by atoms with van der Waals surface area (Å²) < 4.78 is 47.5. The Labute approximate surface area is 180 Å². The molecule has 4 aromatic rings. The molecular weight excluding hydrogens is 425 g/mol. The number of nitrogens with one attached hydrogen (secondary N) is 1. The Kier molecular flexibility index (Phi) is 5.14. The van der Waals surface area contributed by atoms with Crippen LogP contribution in [0.15, 0.2) is 43.0 Å². The highest BCUT2D eigenvalue weighted by atomic mass is 19.4. The molecule has 1 saturated carbocycles. The molecular formula is C21H19F3N6O2. The fraction of sp³-hybridized carbons (Fsp3) is 0.333. The maximum atomic E-state index is 13.5. The van der Waals surface area contributed by atoms with Crippen LogP contribution in [0.1, 0.15) is 36.5 Å². The van der Waals surface area contributed by atoms with E-state index < -0.39 is 17.8 Å². The zero-order chi connectivity index (χ0) is 22.3. The van der Waals surface area contributed by atoms with Gasteiger partial charge in [0.05, 0.1) is 30.2 Å². The maximum Gasteiger partial charge on any atom is 0.416 e. The summed E-state index contributed by atoms with van der Waals surface area (Å²) in [5, 5.41) is 21.5. The van der Waals surface area contributed by atoms with Crippen LogP contribution in [-0.4, -0.2) is 47.8 Å². The van der Waals surface area contributed by atoms with Gasteiger partial charge in [-0.1, -0.05) is 0 Å². The van der Waals surface area contributed by atoms with Crippen molar-refractivity contribution >= 4 is 11.0 Å². The number of hydrogen-bond acceptors (Lipinski definition) is 6. The highest BCUT2D eigenvalue weighted by Gasteiger charge is 2.32. The van der Waals surface area contributed by atoms with Crippen molar-refractivity contribution in [2.75, 3.05) is 6.61 Å². The molecule has 166 valence electrons. The minimum atomic E-state index is -4.56. The van der Waals surface area contributed by atoms with Gasteiger partial charge in [0, 0.05) is 22.7 Å². The van der Waals surface area contributed by atoms with Gasteiger partial charge in [0.1, 0.15) is 12.4 Å². The standard InChI is InChI=1S/C21H19F3N6O2/c22-21(23,24)15-5-12(19-26-11-27-29-19)6-16(7-15)30-20-14(9-28-30)4-13(8-25-20)18(31)10-32-17-2-1-3-17/h4-9,11,17-18,31H,1-3,10H2,(H,26,27,29)/t18-/m1/s1. The molecule has 0 amide bonds. The van der Waals surface area contributed by atoms with Crippen LogP contribution in [-0.2, 0) is 10.9 Å². The molecule has 32 heavy (non-hydrogen) atoms. The molecule has 2 N–H and O–H groups in total. The first-order chi connectivity index (χ1) is 15.4. The maximum absolute atomic E-state index is 13.5. The van der Waals surface area contributed by atoms with Crippen LogP contribution in [0.2, 0.25) is 0 Å². The fourth-order valence-electron chi connectivity index (χ4n) is 3.55. The SMILES string of the molecule is O[C@H](COC1CCC1)c1cnc2c(cnn2-c2cc(-c3ncn[nH]3)cc(C(F)(F)F)c2)c1. The predicted molar refractivity (Wildman–Crippen MR) is 108 cm³/mol. The second-order valence-corrected chi connectivity index (χ2v) is 7.74. The minimum Gasteiger partial charge on any atom is -0.386 e. The van der Waals surface area contributed by atoms with E-state index >= 15 is 0 Å². The normalized spacial score (nSPS) is 15.8. The van der Waals surface area contributed by atoms with Gasteiger partial charge in [0.2, 0.25) is 0 Å². The molecule has 11 heteroatoms. The van der Waals surface area contributed by atoms with Crippen LogP contribution < -0.4 is 0 Å². The molecule has 1 aliphatic carbocycles. The molecule has 0 radical (unpaired) electrons. The lowest BCUT2D eigenvalue weighted by atomic mass is 9.96. The fourth-order valence-corrected chi connectivity index (χ4v) is 3.55. The van der Waals surface area contributed by atoms with Gasteiger partial charge in [-0.2, -0.15) is 23.4 Å². The number of fused-ring (bicyclic) bond motifs is 1. The Morgan fingerprint density at radius 3 is 2.69 bits per heavy atom. The number of nitrogens with zero attached hydrogens (tertiary/aromatic N) is 5. The molecule has 0 unspecified atom stereocenters. The number of benzene rings is 1. The van der Waals surface area contributed by atoms with E-state index in [9.17, 15) is 18.3 Å².